The first-order chi connectivity index (χ1) is 7.92. The minimum Gasteiger partial charge on any atom is -0.595 e. The molecule has 94 valence electrons. The highest BCUT2D eigenvalue weighted by Crippen LogP contribution is 2.21. The molecule has 0 aliphatic rings. The van der Waals surface area contributed by atoms with E-state index in [1.165, 1.54) is 0 Å². The van der Waals surface area contributed by atoms with Crippen molar-refractivity contribution in [2.45, 2.75) is 45.8 Å². The van der Waals surface area contributed by atoms with Gasteiger partial charge in [-0.2, -0.15) is 0 Å². The molecule has 1 aromatic rings. The third kappa shape index (κ3) is 4.89. The van der Waals surface area contributed by atoms with Gasteiger partial charge in [-0.15, -0.1) is 0 Å². The van der Waals surface area contributed by atoms with E-state index in [1.807, 2.05) is 58.0 Å². The first kappa shape index (κ1) is 13.6. The fourth-order valence-corrected chi connectivity index (χ4v) is 1.49. The maximum absolute atomic E-state index is 11.6. The van der Waals surface area contributed by atoms with Gasteiger partial charge in [-0.1, -0.05) is 58.0 Å². The zero-order valence-corrected chi connectivity index (χ0v) is 10.9. The third-order valence-electron chi connectivity index (χ3n) is 2.23. The number of nitrogens with zero attached hydrogens (tertiary/aromatic N) is 1. The Morgan fingerprint density at radius 2 is 1.88 bits per heavy atom. The van der Waals surface area contributed by atoms with Crippen LogP contribution in [0.25, 0.3) is 0 Å². The van der Waals surface area contributed by atoms with E-state index in [0.717, 1.165) is 12.0 Å². The lowest BCUT2D eigenvalue weighted by molar-refractivity contribution is -0.261. The minimum atomic E-state index is -0.492. The summed E-state index contributed by atoms with van der Waals surface area (Å²) in [4.78, 5) is 4.09. The van der Waals surface area contributed by atoms with Crippen LogP contribution in [0.5, 0.6) is 0 Å². The van der Waals surface area contributed by atoms with Crippen LogP contribution in [0, 0.1) is 0 Å². The van der Waals surface area contributed by atoms with E-state index in [9.17, 15) is 5.11 Å². The second kappa shape index (κ2) is 5.71. The lowest BCUT2D eigenvalue weighted by Gasteiger charge is -2.30. The molecule has 3 heteroatoms. The van der Waals surface area contributed by atoms with Gasteiger partial charge in [0.1, 0.15) is 6.08 Å². The molecule has 0 aliphatic heterocycles. The highest BCUT2D eigenvalue weighted by atomic mass is 16.6. The summed E-state index contributed by atoms with van der Waals surface area (Å²) in [6.45, 7) is 7.52. The van der Waals surface area contributed by atoms with Crippen LogP contribution in [-0.2, 0) is 4.74 Å². The van der Waals surface area contributed by atoms with Crippen molar-refractivity contribution in [1.82, 2.24) is 0 Å². The van der Waals surface area contributed by atoms with Gasteiger partial charge in [0.25, 0.3) is 0 Å². The predicted octanol–water partition coefficient (Wildman–Crippen LogP) is 2.67. The van der Waals surface area contributed by atoms with E-state index < -0.39 is 11.7 Å². The standard InChI is InChI=1S/C14H21NO2/c1-5-12(11-9-7-6-8-10-11)15-13(16)17-14(2,3)4/h6-10,12H,5H2,1-4H3,(H,15,16)/p-1/t12-/m0/s1. The Hall–Kier alpha value is -1.51. The van der Waals surface area contributed by atoms with Crippen LogP contribution in [-0.4, -0.2) is 11.7 Å². The van der Waals surface area contributed by atoms with Gasteiger partial charge in [0.2, 0.25) is 0 Å². The minimum absolute atomic E-state index is 0.119. The molecule has 0 spiro atoms. The van der Waals surface area contributed by atoms with Gasteiger partial charge in [-0.3, -0.25) is 4.99 Å². The molecule has 0 heterocycles. The van der Waals surface area contributed by atoms with Crippen LogP contribution in [0.4, 0.5) is 0 Å². The normalized spacial score (nSPS) is 14.5. The molecule has 0 radical (unpaired) electrons. The smallest absolute Gasteiger partial charge is 0.146 e. The summed E-state index contributed by atoms with van der Waals surface area (Å²) in [7, 11) is 0. The van der Waals surface area contributed by atoms with Crippen molar-refractivity contribution in [1.29, 1.82) is 0 Å². The molecule has 0 bridgehead atoms. The third-order valence-corrected chi connectivity index (χ3v) is 2.23. The predicted molar refractivity (Wildman–Crippen MR) is 67.7 cm³/mol. The van der Waals surface area contributed by atoms with Crippen molar-refractivity contribution in [3.63, 3.8) is 0 Å². The fourth-order valence-electron chi connectivity index (χ4n) is 1.49. The second-order valence-corrected chi connectivity index (χ2v) is 4.94. The van der Waals surface area contributed by atoms with Crippen LogP contribution < -0.4 is 5.11 Å². The Balaban J connectivity index is 2.80. The van der Waals surface area contributed by atoms with Crippen molar-refractivity contribution in [3.05, 3.63) is 35.9 Å². The summed E-state index contributed by atoms with van der Waals surface area (Å²) in [6.07, 6.45) is 0.289. The van der Waals surface area contributed by atoms with Gasteiger partial charge in [0.15, 0.2) is 0 Å². The summed E-state index contributed by atoms with van der Waals surface area (Å²) in [5.74, 6) is 0. The Bertz CT molecular complexity index is 366. The first-order valence-electron chi connectivity index (χ1n) is 5.91. The molecule has 1 atom stereocenters. The molecular weight excluding hydrogens is 214 g/mol. The Kier molecular flexibility index (Phi) is 4.55. The zero-order valence-electron chi connectivity index (χ0n) is 10.9. The molecule has 17 heavy (non-hydrogen) atoms. The molecule has 0 aliphatic carbocycles. The van der Waals surface area contributed by atoms with E-state index in [4.69, 9.17) is 4.74 Å². The van der Waals surface area contributed by atoms with Gasteiger partial charge in [-0.05, 0) is 12.0 Å². The number of rotatable bonds is 3. The Morgan fingerprint density at radius 3 is 2.35 bits per heavy atom. The van der Waals surface area contributed by atoms with Crippen LogP contribution in [0.1, 0.15) is 45.7 Å². The molecule has 0 saturated heterocycles. The Labute approximate surface area is 103 Å². The fraction of sp³-hybridized carbons (Fsp3) is 0.500. The zero-order chi connectivity index (χ0) is 12.9. The molecular formula is C14H20NO2-. The van der Waals surface area contributed by atoms with Gasteiger partial charge >= 0.3 is 0 Å². The molecule has 0 saturated carbocycles. The largest absolute Gasteiger partial charge is 0.595 e. The van der Waals surface area contributed by atoms with Gasteiger partial charge in [0.05, 0.1) is 6.04 Å². The second-order valence-electron chi connectivity index (χ2n) is 4.94. The summed E-state index contributed by atoms with van der Waals surface area (Å²) in [6, 6.07) is 9.67. The molecule has 1 aromatic carbocycles. The molecule has 0 fully saturated rings. The van der Waals surface area contributed by atoms with E-state index >= 15 is 0 Å². The maximum Gasteiger partial charge on any atom is 0.146 e. The average Bonchev–Trinajstić information content (AvgIpc) is 2.24. The number of ether oxygens (including phenoxy) is 1. The first-order valence-corrected chi connectivity index (χ1v) is 5.91. The summed E-state index contributed by atoms with van der Waals surface area (Å²) >= 11 is 0. The van der Waals surface area contributed by atoms with Crippen molar-refractivity contribution in [2.24, 2.45) is 4.99 Å². The van der Waals surface area contributed by atoms with Gasteiger partial charge < -0.3 is 9.84 Å². The lowest BCUT2D eigenvalue weighted by atomic mass is 10.1. The van der Waals surface area contributed by atoms with Gasteiger partial charge in [-0.25, -0.2) is 0 Å². The summed E-state index contributed by atoms with van der Waals surface area (Å²) in [5.41, 5.74) is 0.552. The molecule has 3 nitrogen and oxygen atoms in total. The van der Waals surface area contributed by atoms with E-state index in [-0.39, 0.29) is 6.04 Å². The van der Waals surface area contributed by atoms with E-state index in [0.29, 0.717) is 0 Å². The monoisotopic (exact) mass is 234 g/mol. The molecule has 1 rings (SSSR count). The molecule has 0 N–H and O–H groups in total. The lowest BCUT2D eigenvalue weighted by Crippen LogP contribution is -2.32. The van der Waals surface area contributed by atoms with Crippen molar-refractivity contribution in [2.75, 3.05) is 0 Å². The van der Waals surface area contributed by atoms with Crippen LogP contribution >= 0.6 is 0 Å². The van der Waals surface area contributed by atoms with E-state index in [1.54, 1.807) is 0 Å². The quantitative estimate of drug-likeness (QED) is 0.596. The van der Waals surface area contributed by atoms with E-state index in [2.05, 4.69) is 4.99 Å². The maximum atomic E-state index is 11.6. The van der Waals surface area contributed by atoms with Crippen molar-refractivity contribution < 1.29 is 9.84 Å². The van der Waals surface area contributed by atoms with Crippen molar-refractivity contribution >= 4 is 6.08 Å². The molecule has 0 aromatic heterocycles. The number of benzene rings is 1. The number of hydrogen-bond acceptors (Lipinski definition) is 3. The summed E-state index contributed by atoms with van der Waals surface area (Å²) in [5, 5.41) is 11.6. The van der Waals surface area contributed by atoms with Crippen LogP contribution in [0.3, 0.4) is 0 Å². The topological polar surface area (TPSA) is 44.7 Å². The SMILES string of the molecule is CC[C@H](N=C([O-])OC(C)(C)C)c1ccccc1. The van der Waals surface area contributed by atoms with Crippen LogP contribution in [0.15, 0.2) is 35.3 Å². The van der Waals surface area contributed by atoms with Gasteiger partial charge in [0, 0.05) is 5.60 Å². The van der Waals surface area contributed by atoms with Crippen LogP contribution in [0.2, 0.25) is 0 Å². The summed E-state index contributed by atoms with van der Waals surface area (Å²) < 4.78 is 5.19. The van der Waals surface area contributed by atoms with Crippen molar-refractivity contribution in [3.8, 4) is 0 Å². The average molecular weight is 234 g/mol. The highest BCUT2D eigenvalue weighted by molar-refractivity contribution is 5.62. The highest BCUT2D eigenvalue weighted by Gasteiger charge is 2.09. The molecule has 0 amide bonds. The number of aliphatic imine (C=N–C) groups is 1. The molecule has 0 unspecified atom stereocenters. The Morgan fingerprint density at radius 1 is 1.29 bits per heavy atom. The number of hydrogen-bond donors (Lipinski definition) is 0.